The molecule has 3 nitrogen and oxygen atoms in total. The van der Waals surface area contributed by atoms with Gasteiger partial charge in [0.15, 0.2) is 0 Å². The first-order chi connectivity index (χ1) is 5.49. The molecule has 0 saturated heterocycles. The van der Waals surface area contributed by atoms with Crippen molar-refractivity contribution in [3.63, 3.8) is 0 Å². The number of hydrogen-bond acceptors (Lipinski definition) is 3. The number of esters is 1. The molecule has 0 aliphatic rings. The number of carbonyl (C=O) groups excluding carboxylic acids is 1. The number of aliphatic hydroxyl groups excluding tert-OH is 1. The third kappa shape index (κ3) is 2.21. The molecule has 3 heteroatoms. The first kappa shape index (κ1) is 11.4. The minimum atomic E-state index is -0.754. The fourth-order valence-electron chi connectivity index (χ4n) is 0.906. The molecule has 2 atom stereocenters. The highest BCUT2D eigenvalue weighted by molar-refractivity contribution is 5.77. The van der Waals surface area contributed by atoms with Gasteiger partial charge in [-0.1, -0.05) is 6.92 Å². The van der Waals surface area contributed by atoms with Crippen LogP contribution < -0.4 is 0 Å². The molecule has 0 fully saturated rings. The predicted octanol–water partition coefficient (Wildman–Crippen LogP) is 1.35. The lowest BCUT2D eigenvalue weighted by Crippen LogP contribution is -2.39. The Morgan fingerprint density at radius 1 is 1.58 bits per heavy atom. The molecule has 0 rings (SSSR count). The van der Waals surface area contributed by atoms with Crippen LogP contribution in [0.4, 0.5) is 0 Å². The largest absolute Gasteiger partial charge is 0.465 e. The molecule has 12 heavy (non-hydrogen) atoms. The van der Waals surface area contributed by atoms with Crippen molar-refractivity contribution in [2.75, 3.05) is 6.61 Å². The Hall–Kier alpha value is -0.570. The smallest absolute Gasteiger partial charge is 0.314 e. The van der Waals surface area contributed by atoms with Crippen molar-refractivity contribution in [2.24, 2.45) is 5.41 Å². The highest BCUT2D eigenvalue weighted by Crippen LogP contribution is 2.27. The topological polar surface area (TPSA) is 46.5 Å². The van der Waals surface area contributed by atoms with Crippen molar-refractivity contribution in [3.05, 3.63) is 0 Å². The molecule has 0 bridgehead atoms. The molecule has 0 heterocycles. The monoisotopic (exact) mass is 174 g/mol. The minimum absolute atomic E-state index is 0.317. The van der Waals surface area contributed by atoms with Crippen LogP contribution in [0.15, 0.2) is 0 Å². The number of aliphatic hydroxyl groups is 1. The summed E-state index contributed by atoms with van der Waals surface area (Å²) >= 11 is 0. The number of hydrogen-bond donors (Lipinski definition) is 1. The molecule has 72 valence electrons. The van der Waals surface area contributed by atoms with Crippen LogP contribution in [-0.2, 0) is 9.53 Å². The van der Waals surface area contributed by atoms with Gasteiger partial charge in [0.2, 0.25) is 0 Å². The van der Waals surface area contributed by atoms with E-state index in [9.17, 15) is 9.90 Å². The van der Waals surface area contributed by atoms with E-state index in [0.29, 0.717) is 13.0 Å². The molecule has 0 spiro atoms. The van der Waals surface area contributed by atoms with Gasteiger partial charge in [0, 0.05) is 0 Å². The van der Waals surface area contributed by atoms with Gasteiger partial charge in [-0.25, -0.2) is 0 Å². The lowest BCUT2D eigenvalue weighted by Gasteiger charge is -2.28. The molecule has 0 aliphatic heterocycles. The summed E-state index contributed by atoms with van der Waals surface area (Å²) in [4.78, 5) is 11.4. The highest BCUT2D eigenvalue weighted by Gasteiger charge is 2.37. The highest BCUT2D eigenvalue weighted by atomic mass is 16.5. The zero-order chi connectivity index (χ0) is 9.78. The number of ether oxygens (including phenoxy) is 1. The SMILES string of the molecule is CCOC(=O)C(C)(CC)C(C)O. The maximum atomic E-state index is 11.4. The first-order valence-corrected chi connectivity index (χ1v) is 4.34. The van der Waals surface area contributed by atoms with Gasteiger partial charge in [-0.3, -0.25) is 4.79 Å². The Kier molecular flexibility index (Phi) is 4.24. The van der Waals surface area contributed by atoms with Gasteiger partial charge in [-0.05, 0) is 27.2 Å². The average molecular weight is 174 g/mol. The van der Waals surface area contributed by atoms with E-state index in [1.165, 1.54) is 0 Å². The van der Waals surface area contributed by atoms with E-state index in [-0.39, 0.29) is 5.97 Å². The Morgan fingerprint density at radius 2 is 2.08 bits per heavy atom. The van der Waals surface area contributed by atoms with E-state index in [1.54, 1.807) is 20.8 Å². The molecule has 0 aliphatic carbocycles. The van der Waals surface area contributed by atoms with E-state index in [0.717, 1.165) is 0 Å². The average Bonchev–Trinajstić information content (AvgIpc) is 2.03. The molecule has 0 amide bonds. The summed E-state index contributed by atoms with van der Waals surface area (Å²) in [5.41, 5.74) is -0.754. The molecule has 0 aromatic carbocycles. The Balaban J connectivity index is 4.40. The van der Waals surface area contributed by atoms with Crippen molar-refractivity contribution in [2.45, 2.75) is 40.2 Å². The quantitative estimate of drug-likeness (QED) is 0.654. The molecule has 1 N–H and O–H groups in total. The second-order valence-corrected chi connectivity index (χ2v) is 3.17. The van der Waals surface area contributed by atoms with Crippen molar-refractivity contribution in [1.29, 1.82) is 0 Å². The summed E-state index contributed by atoms with van der Waals surface area (Å²) in [7, 11) is 0. The summed E-state index contributed by atoms with van der Waals surface area (Å²) < 4.78 is 4.86. The summed E-state index contributed by atoms with van der Waals surface area (Å²) in [6, 6.07) is 0. The fraction of sp³-hybridized carbons (Fsp3) is 0.889. The zero-order valence-corrected chi connectivity index (χ0v) is 8.26. The Labute approximate surface area is 73.7 Å². The fourth-order valence-corrected chi connectivity index (χ4v) is 0.906. The van der Waals surface area contributed by atoms with Gasteiger partial charge in [-0.2, -0.15) is 0 Å². The van der Waals surface area contributed by atoms with E-state index < -0.39 is 11.5 Å². The van der Waals surface area contributed by atoms with Crippen LogP contribution in [0.5, 0.6) is 0 Å². The van der Waals surface area contributed by atoms with E-state index in [4.69, 9.17) is 4.74 Å². The van der Waals surface area contributed by atoms with Crippen LogP contribution >= 0.6 is 0 Å². The minimum Gasteiger partial charge on any atom is -0.465 e. The summed E-state index contributed by atoms with van der Waals surface area (Å²) in [5, 5.41) is 9.37. The maximum absolute atomic E-state index is 11.4. The van der Waals surface area contributed by atoms with Crippen LogP contribution in [-0.4, -0.2) is 23.8 Å². The summed E-state index contributed by atoms with van der Waals surface area (Å²) in [5.74, 6) is -0.317. The van der Waals surface area contributed by atoms with Crippen molar-refractivity contribution in [1.82, 2.24) is 0 Å². The van der Waals surface area contributed by atoms with Gasteiger partial charge in [-0.15, -0.1) is 0 Å². The molecule has 2 unspecified atom stereocenters. The zero-order valence-electron chi connectivity index (χ0n) is 8.26. The molecule has 0 aromatic heterocycles. The van der Waals surface area contributed by atoms with E-state index in [2.05, 4.69) is 0 Å². The predicted molar refractivity (Wildman–Crippen MR) is 46.7 cm³/mol. The van der Waals surface area contributed by atoms with Crippen LogP contribution in [0.25, 0.3) is 0 Å². The van der Waals surface area contributed by atoms with Gasteiger partial charge in [0.05, 0.1) is 18.1 Å². The molecule has 0 radical (unpaired) electrons. The van der Waals surface area contributed by atoms with E-state index >= 15 is 0 Å². The van der Waals surface area contributed by atoms with Crippen molar-refractivity contribution in [3.8, 4) is 0 Å². The van der Waals surface area contributed by atoms with Crippen LogP contribution in [0.1, 0.15) is 34.1 Å². The normalized spacial score (nSPS) is 18.1. The third-order valence-corrected chi connectivity index (χ3v) is 2.40. The summed E-state index contributed by atoms with van der Waals surface area (Å²) in [6.45, 7) is 7.32. The van der Waals surface area contributed by atoms with Crippen LogP contribution in [0.2, 0.25) is 0 Å². The lowest BCUT2D eigenvalue weighted by molar-refractivity contribution is -0.161. The van der Waals surface area contributed by atoms with Crippen molar-refractivity contribution >= 4 is 5.97 Å². The third-order valence-electron chi connectivity index (χ3n) is 2.40. The molecule has 0 aromatic rings. The van der Waals surface area contributed by atoms with Gasteiger partial charge >= 0.3 is 5.97 Å². The molecular formula is C9H18O3. The molecule has 0 saturated carbocycles. The number of carbonyl (C=O) groups is 1. The van der Waals surface area contributed by atoms with Gasteiger partial charge < -0.3 is 9.84 Å². The lowest BCUT2D eigenvalue weighted by atomic mass is 9.82. The second kappa shape index (κ2) is 4.45. The van der Waals surface area contributed by atoms with E-state index in [1.807, 2.05) is 6.92 Å². The maximum Gasteiger partial charge on any atom is 0.314 e. The summed E-state index contributed by atoms with van der Waals surface area (Å²) in [6.07, 6.45) is -0.0784. The van der Waals surface area contributed by atoms with Gasteiger partial charge in [0.1, 0.15) is 0 Å². The Morgan fingerprint density at radius 3 is 2.33 bits per heavy atom. The Bertz CT molecular complexity index is 154. The van der Waals surface area contributed by atoms with Crippen molar-refractivity contribution < 1.29 is 14.6 Å². The van der Waals surface area contributed by atoms with Crippen LogP contribution in [0.3, 0.4) is 0 Å². The first-order valence-electron chi connectivity index (χ1n) is 4.34. The van der Waals surface area contributed by atoms with Gasteiger partial charge in [0.25, 0.3) is 0 Å². The molecular weight excluding hydrogens is 156 g/mol. The standard InChI is InChI=1S/C9H18O3/c1-5-9(4,7(3)10)8(11)12-6-2/h7,10H,5-6H2,1-4H3. The second-order valence-electron chi connectivity index (χ2n) is 3.17. The number of rotatable bonds is 4. The van der Waals surface area contributed by atoms with Crippen LogP contribution in [0, 0.1) is 5.41 Å².